The van der Waals surface area contributed by atoms with Crippen molar-refractivity contribution in [3.05, 3.63) is 41.3 Å². The highest BCUT2D eigenvalue weighted by molar-refractivity contribution is 7.92. The van der Waals surface area contributed by atoms with E-state index < -0.39 is 15.6 Å². The van der Waals surface area contributed by atoms with Crippen LogP contribution in [-0.2, 0) is 10.0 Å². The van der Waals surface area contributed by atoms with Crippen molar-refractivity contribution in [2.75, 3.05) is 6.54 Å². The molecule has 0 unspecified atom stereocenters. The Hall–Kier alpha value is -1.17. The molecule has 3 N–H and O–H groups in total. The third kappa shape index (κ3) is 5.12. The van der Waals surface area contributed by atoms with Crippen molar-refractivity contribution in [1.29, 1.82) is 0 Å². The molecule has 1 rings (SSSR count). The van der Waals surface area contributed by atoms with Crippen LogP contribution in [0.2, 0.25) is 0 Å². The summed E-state index contributed by atoms with van der Waals surface area (Å²) in [5.74, 6) is 0. The molecule has 94 valence electrons. The van der Waals surface area contributed by atoms with Crippen LogP contribution in [0.5, 0.6) is 0 Å². The summed E-state index contributed by atoms with van der Waals surface area (Å²) in [6.45, 7) is 3.72. The molecular formula is C12H18N2O2S. The summed E-state index contributed by atoms with van der Waals surface area (Å²) in [6.07, 6.45) is 1.55. The number of nitrogens with two attached hydrogens (primary N) is 1. The molecule has 0 heterocycles. The molecular weight excluding hydrogens is 236 g/mol. The third-order valence-corrected chi connectivity index (χ3v) is 3.50. The average molecular weight is 254 g/mol. The number of rotatable bonds is 5. The van der Waals surface area contributed by atoms with Gasteiger partial charge < -0.3 is 5.73 Å². The van der Waals surface area contributed by atoms with Gasteiger partial charge in [-0.3, -0.25) is 0 Å². The Labute approximate surface area is 103 Å². The summed E-state index contributed by atoms with van der Waals surface area (Å²) in [6, 6.07) is 9.24. The van der Waals surface area contributed by atoms with Gasteiger partial charge >= 0.3 is 0 Å². The predicted octanol–water partition coefficient (Wildman–Crippen LogP) is 1.31. The van der Waals surface area contributed by atoms with Gasteiger partial charge in [0, 0.05) is 17.5 Å². The van der Waals surface area contributed by atoms with Crippen molar-refractivity contribution in [2.24, 2.45) is 5.73 Å². The number of hydrogen-bond acceptors (Lipinski definition) is 3. The highest BCUT2D eigenvalue weighted by atomic mass is 32.2. The second-order valence-electron chi connectivity index (χ2n) is 4.45. The van der Waals surface area contributed by atoms with Crippen LogP contribution in [0.4, 0.5) is 0 Å². The molecule has 17 heavy (non-hydrogen) atoms. The van der Waals surface area contributed by atoms with Crippen molar-refractivity contribution in [3.8, 4) is 0 Å². The van der Waals surface area contributed by atoms with Crippen molar-refractivity contribution < 1.29 is 8.42 Å². The second-order valence-corrected chi connectivity index (χ2v) is 6.01. The van der Waals surface area contributed by atoms with Crippen molar-refractivity contribution in [1.82, 2.24) is 4.72 Å². The number of benzene rings is 1. The summed E-state index contributed by atoms with van der Waals surface area (Å²) >= 11 is 0. The normalized spacial score (nSPS) is 13.1. The van der Waals surface area contributed by atoms with Crippen LogP contribution in [0.25, 0.3) is 6.08 Å². The van der Waals surface area contributed by atoms with E-state index in [4.69, 9.17) is 5.73 Å². The Morgan fingerprint density at radius 1 is 1.29 bits per heavy atom. The van der Waals surface area contributed by atoms with Crippen LogP contribution in [0.15, 0.2) is 35.7 Å². The summed E-state index contributed by atoms with van der Waals surface area (Å²) in [4.78, 5) is 0. The van der Waals surface area contributed by atoms with Crippen molar-refractivity contribution in [3.63, 3.8) is 0 Å². The van der Waals surface area contributed by atoms with Gasteiger partial charge in [0.1, 0.15) is 0 Å². The third-order valence-electron chi connectivity index (χ3n) is 2.17. The van der Waals surface area contributed by atoms with Crippen LogP contribution >= 0.6 is 0 Å². The number of sulfonamides is 1. The molecule has 1 aromatic rings. The van der Waals surface area contributed by atoms with Gasteiger partial charge in [-0.15, -0.1) is 0 Å². The predicted molar refractivity (Wildman–Crippen MR) is 70.7 cm³/mol. The first-order valence-electron chi connectivity index (χ1n) is 5.32. The maximum absolute atomic E-state index is 11.7. The molecule has 0 atom stereocenters. The fraction of sp³-hybridized carbons (Fsp3) is 0.333. The van der Waals surface area contributed by atoms with Gasteiger partial charge in [-0.1, -0.05) is 30.3 Å². The maximum atomic E-state index is 11.7. The van der Waals surface area contributed by atoms with Crippen LogP contribution in [0, 0.1) is 0 Å². The number of nitrogens with one attached hydrogen (secondary N) is 1. The first-order valence-corrected chi connectivity index (χ1v) is 6.86. The lowest BCUT2D eigenvalue weighted by molar-refractivity contribution is 0.466. The fourth-order valence-corrected chi connectivity index (χ4v) is 2.45. The Morgan fingerprint density at radius 3 is 2.41 bits per heavy atom. The van der Waals surface area contributed by atoms with Gasteiger partial charge in [0.15, 0.2) is 0 Å². The Bertz CT molecular complexity index is 478. The van der Waals surface area contributed by atoms with Gasteiger partial charge in [0.25, 0.3) is 0 Å². The molecule has 4 nitrogen and oxygen atoms in total. The molecule has 0 fully saturated rings. The Kier molecular flexibility index (Phi) is 4.45. The maximum Gasteiger partial charge on any atom is 0.234 e. The molecule has 0 aliphatic rings. The minimum atomic E-state index is -3.46. The van der Waals surface area contributed by atoms with Gasteiger partial charge in [0.05, 0.1) is 0 Å². The largest absolute Gasteiger partial charge is 0.329 e. The highest BCUT2D eigenvalue weighted by Gasteiger charge is 2.21. The van der Waals surface area contributed by atoms with E-state index in [0.29, 0.717) is 0 Å². The molecule has 1 aromatic carbocycles. The van der Waals surface area contributed by atoms with E-state index in [-0.39, 0.29) is 6.54 Å². The SMILES string of the molecule is CC(C)(CN)NS(=O)(=O)/C=C/c1ccccc1. The van der Waals surface area contributed by atoms with Crippen LogP contribution < -0.4 is 10.5 Å². The lowest BCUT2D eigenvalue weighted by Gasteiger charge is -2.22. The summed E-state index contributed by atoms with van der Waals surface area (Å²) in [5.41, 5.74) is 5.67. The second kappa shape index (κ2) is 5.44. The van der Waals surface area contributed by atoms with E-state index in [0.717, 1.165) is 11.0 Å². The minimum Gasteiger partial charge on any atom is -0.329 e. The topological polar surface area (TPSA) is 72.2 Å². The molecule has 0 aliphatic heterocycles. The lowest BCUT2D eigenvalue weighted by Crippen LogP contribution is -2.48. The van der Waals surface area contributed by atoms with Crippen molar-refractivity contribution in [2.45, 2.75) is 19.4 Å². The smallest absolute Gasteiger partial charge is 0.234 e. The van der Waals surface area contributed by atoms with E-state index in [1.807, 2.05) is 30.3 Å². The van der Waals surface area contributed by atoms with Gasteiger partial charge in [-0.25, -0.2) is 13.1 Å². The minimum absolute atomic E-state index is 0.241. The van der Waals surface area contributed by atoms with Gasteiger partial charge in [-0.05, 0) is 25.5 Å². The van der Waals surface area contributed by atoms with E-state index in [1.165, 1.54) is 0 Å². The van der Waals surface area contributed by atoms with Gasteiger partial charge in [0.2, 0.25) is 10.0 Å². The number of hydrogen-bond donors (Lipinski definition) is 2. The average Bonchev–Trinajstić information content (AvgIpc) is 2.27. The van der Waals surface area contributed by atoms with Crippen LogP contribution in [-0.4, -0.2) is 20.5 Å². The molecule has 5 heteroatoms. The van der Waals surface area contributed by atoms with Gasteiger partial charge in [-0.2, -0.15) is 0 Å². The quantitative estimate of drug-likeness (QED) is 0.832. The molecule has 0 aliphatic carbocycles. The summed E-state index contributed by atoms with van der Waals surface area (Å²) in [5, 5.41) is 1.15. The molecule has 0 aromatic heterocycles. The lowest BCUT2D eigenvalue weighted by atomic mass is 10.1. The fourth-order valence-electron chi connectivity index (χ4n) is 1.19. The first-order chi connectivity index (χ1) is 7.85. The molecule has 0 radical (unpaired) electrons. The molecule has 0 bridgehead atoms. The summed E-state index contributed by atoms with van der Waals surface area (Å²) < 4.78 is 26.0. The molecule has 0 amide bonds. The van der Waals surface area contributed by atoms with Crippen LogP contribution in [0.3, 0.4) is 0 Å². The zero-order valence-corrected chi connectivity index (χ0v) is 10.9. The standard InChI is InChI=1S/C12H18N2O2S/c1-12(2,10-13)14-17(15,16)9-8-11-6-4-3-5-7-11/h3-9,14H,10,13H2,1-2H3/b9-8+. The zero-order valence-electron chi connectivity index (χ0n) is 10.1. The molecule has 0 saturated carbocycles. The summed E-state index contributed by atoms with van der Waals surface area (Å²) in [7, 11) is -3.46. The Balaban J connectivity index is 2.78. The van der Waals surface area contributed by atoms with E-state index in [2.05, 4.69) is 4.72 Å². The van der Waals surface area contributed by atoms with E-state index in [9.17, 15) is 8.42 Å². The van der Waals surface area contributed by atoms with E-state index >= 15 is 0 Å². The Morgan fingerprint density at radius 2 is 1.88 bits per heavy atom. The highest BCUT2D eigenvalue weighted by Crippen LogP contribution is 2.06. The monoisotopic (exact) mass is 254 g/mol. The van der Waals surface area contributed by atoms with E-state index in [1.54, 1.807) is 19.9 Å². The molecule has 0 saturated heterocycles. The molecule has 0 spiro atoms. The first kappa shape index (κ1) is 13.9. The van der Waals surface area contributed by atoms with Crippen molar-refractivity contribution >= 4 is 16.1 Å². The zero-order chi connectivity index (χ0) is 12.9. The van der Waals surface area contributed by atoms with Crippen LogP contribution in [0.1, 0.15) is 19.4 Å².